The predicted octanol–water partition coefficient (Wildman–Crippen LogP) is 1.70. The van der Waals surface area contributed by atoms with Crippen LogP contribution in [0.1, 0.15) is 26.2 Å². The molecule has 1 fully saturated rings. The van der Waals surface area contributed by atoms with Gasteiger partial charge in [-0.2, -0.15) is 0 Å². The van der Waals surface area contributed by atoms with Crippen molar-refractivity contribution >= 4 is 29.1 Å². The fourth-order valence-electron chi connectivity index (χ4n) is 2.24. The first-order valence-electron chi connectivity index (χ1n) is 5.99. The molecule has 0 aromatic carbocycles. The number of nitrogens with one attached hydrogen (secondary N) is 1. The largest absolute Gasteiger partial charge is 0.465 e. The molecule has 5 nitrogen and oxygen atoms in total. The van der Waals surface area contributed by atoms with Gasteiger partial charge < -0.3 is 10.1 Å². The lowest BCUT2D eigenvalue weighted by atomic mass is 9.98. The quantitative estimate of drug-likeness (QED) is 0.832. The number of likely N-dealkylation sites (N-methyl/N-ethyl adjacent to an activating group) is 1. The molecule has 2 unspecified atom stereocenters. The molecule has 100 valence electrons. The van der Waals surface area contributed by atoms with Gasteiger partial charge in [0.1, 0.15) is 11.0 Å². The number of aromatic nitrogens is 2. The van der Waals surface area contributed by atoms with Crippen LogP contribution in [0.25, 0.3) is 0 Å². The van der Waals surface area contributed by atoms with E-state index in [1.807, 2.05) is 14.0 Å². The molecule has 1 aromatic heterocycles. The minimum atomic E-state index is -0.516. The van der Waals surface area contributed by atoms with Gasteiger partial charge >= 0.3 is 5.97 Å². The minimum absolute atomic E-state index is 0.132. The third kappa shape index (κ3) is 2.84. The highest BCUT2D eigenvalue weighted by Gasteiger charge is 2.45. The maximum atomic E-state index is 12.0. The molecule has 18 heavy (non-hydrogen) atoms. The summed E-state index contributed by atoms with van der Waals surface area (Å²) in [6, 6.07) is 0. The van der Waals surface area contributed by atoms with Crippen LogP contribution in [0.2, 0.25) is 0 Å². The number of hydrogen-bond donors (Lipinski definition) is 1. The van der Waals surface area contributed by atoms with Crippen LogP contribution < -0.4 is 5.32 Å². The van der Waals surface area contributed by atoms with Crippen molar-refractivity contribution in [1.29, 1.82) is 0 Å². The molecule has 1 N–H and O–H groups in total. The maximum Gasteiger partial charge on any atom is 0.326 e. The number of hydrogen-bond acceptors (Lipinski definition) is 7. The topological polar surface area (TPSA) is 64.1 Å². The van der Waals surface area contributed by atoms with E-state index in [0.29, 0.717) is 11.9 Å². The molecule has 0 radical (unpaired) electrons. The van der Waals surface area contributed by atoms with Crippen molar-refractivity contribution in [2.45, 2.75) is 41.3 Å². The van der Waals surface area contributed by atoms with Gasteiger partial charge in [-0.1, -0.05) is 23.1 Å². The van der Waals surface area contributed by atoms with Crippen LogP contribution in [-0.4, -0.2) is 40.6 Å². The van der Waals surface area contributed by atoms with Crippen LogP contribution in [0.4, 0.5) is 0 Å². The zero-order valence-electron chi connectivity index (χ0n) is 10.5. The number of carbonyl (C=O) groups is 1. The van der Waals surface area contributed by atoms with Gasteiger partial charge in [0, 0.05) is 5.25 Å². The number of carbonyl (C=O) groups excluding carboxylic acids is 1. The van der Waals surface area contributed by atoms with E-state index in [4.69, 9.17) is 4.74 Å². The van der Waals surface area contributed by atoms with Gasteiger partial charge in [-0.25, -0.2) is 0 Å². The molecule has 2 atom stereocenters. The molecule has 7 heteroatoms. The molecule has 1 aliphatic carbocycles. The molecule has 1 heterocycles. The molecular weight excluding hydrogens is 270 g/mol. The molecule has 1 aromatic rings. The second-order valence-electron chi connectivity index (χ2n) is 4.24. The summed E-state index contributed by atoms with van der Waals surface area (Å²) < 4.78 is 6.14. The van der Waals surface area contributed by atoms with Crippen LogP contribution in [0.15, 0.2) is 9.85 Å². The lowest BCUT2D eigenvalue weighted by Gasteiger charge is -2.26. The van der Waals surface area contributed by atoms with Gasteiger partial charge in [0.15, 0.2) is 4.34 Å². The molecule has 2 rings (SSSR count). The van der Waals surface area contributed by atoms with Crippen molar-refractivity contribution in [2.24, 2.45) is 0 Å². The lowest BCUT2D eigenvalue weighted by molar-refractivity contribution is -0.150. The summed E-state index contributed by atoms with van der Waals surface area (Å²) >= 11 is 3.25. The van der Waals surface area contributed by atoms with Gasteiger partial charge in [0.2, 0.25) is 0 Å². The molecule has 0 amide bonds. The van der Waals surface area contributed by atoms with Crippen molar-refractivity contribution in [1.82, 2.24) is 15.5 Å². The number of nitrogens with zero attached hydrogens (tertiary/aromatic N) is 2. The molecule has 0 saturated heterocycles. The van der Waals surface area contributed by atoms with Gasteiger partial charge in [0.05, 0.1) is 6.61 Å². The fraction of sp³-hybridized carbons (Fsp3) is 0.727. The van der Waals surface area contributed by atoms with Crippen molar-refractivity contribution in [3.63, 3.8) is 0 Å². The van der Waals surface area contributed by atoms with Crippen LogP contribution in [0.3, 0.4) is 0 Å². The van der Waals surface area contributed by atoms with Gasteiger partial charge in [-0.05, 0) is 33.2 Å². The van der Waals surface area contributed by atoms with Crippen molar-refractivity contribution in [3.05, 3.63) is 5.51 Å². The minimum Gasteiger partial charge on any atom is -0.465 e. The molecule has 0 aliphatic heterocycles. The lowest BCUT2D eigenvalue weighted by Crippen LogP contribution is -2.49. The summed E-state index contributed by atoms with van der Waals surface area (Å²) in [5, 5.41) is 11.4. The van der Waals surface area contributed by atoms with Crippen LogP contribution in [0.5, 0.6) is 0 Å². The van der Waals surface area contributed by atoms with Crippen LogP contribution in [0, 0.1) is 0 Å². The van der Waals surface area contributed by atoms with E-state index in [1.165, 1.54) is 0 Å². The Morgan fingerprint density at radius 1 is 1.78 bits per heavy atom. The Morgan fingerprint density at radius 3 is 3.22 bits per heavy atom. The van der Waals surface area contributed by atoms with E-state index < -0.39 is 5.54 Å². The summed E-state index contributed by atoms with van der Waals surface area (Å²) in [7, 11) is 1.83. The first-order valence-corrected chi connectivity index (χ1v) is 7.75. The van der Waals surface area contributed by atoms with Crippen LogP contribution >= 0.6 is 23.1 Å². The maximum absolute atomic E-state index is 12.0. The standard InChI is InChI=1S/C11H17N3O2S2/c1-3-16-9(15)11(12-2)5-4-8(6-11)18-10-14-13-7-17-10/h7-8,12H,3-6H2,1-2H3. The summed E-state index contributed by atoms with van der Waals surface area (Å²) in [6.45, 7) is 2.26. The van der Waals surface area contributed by atoms with E-state index in [2.05, 4.69) is 15.5 Å². The number of esters is 1. The van der Waals surface area contributed by atoms with Crippen molar-refractivity contribution in [3.8, 4) is 0 Å². The third-order valence-electron chi connectivity index (χ3n) is 3.22. The Bertz CT molecular complexity index is 399. The highest BCUT2D eigenvalue weighted by Crippen LogP contribution is 2.40. The molecule has 0 bridgehead atoms. The van der Waals surface area contributed by atoms with E-state index in [9.17, 15) is 4.79 Å². The second-order valence-corrected chi connectivity index (χ2v) is 6.62. The van der Waals surface area contributed by atoms with Gasteiger partial charge in [-0.3, -0.25) is 4.79 Å². The Morgan fingerprint density at radius 2 is 2.61 bits per heavy atom. The monoisotopic (exact) mass is 287 g/mol. The first-order chi connectivity index (χ1) is 8.70. The molecule has 1 aliphatic rings. The van der Waals surface area contributed by atoms with Gasteiger partial charge in [-0.15, -0.1) is 10.2 Å². The number of ether oxygens (including phenoxy) is 1. The molecule has 0 spiro atoms. The van der Waals surface area contributed by atoms with E-state index in [0.717, 1.165) is 23.6 Å². The second kappa shape index (κ2) is 5.99. The zero-order valence-corrected chi connectivity index (χ0v) is 12.1. The molecule has 1 saturated carbocycles. The summed E-state index contributed by atoms with van der Waals surface area (Å²) in [4.78, 5) is 12.0. The fourth-order valence-corrected chi connectivity index (χ4v) is 4.26. The number of thioether (sulfide) groups is 1. The van der Waals surface area contributed by atoms with Crippen molar-refractivity contribution in [2.75, 3.05) is 13.7 Å². The van der Waals surface area contributed by atoms with E-state index in [1.54, 1.807) is 28.6 Å². The average Bonchev–Trinajstić information content (AvgIpc) is 3.00. The van der Waals surface area contributed by atoms with Crippen molar-refractivity contribution < 1.29 is 9.53 Å². The highest BCUT2D eigenvalue weighted by atomic mass is 32.2. The van der Waals surface area contributed by atoms with Crippen LogP contribution in [-0.2, 0) is 9.53 Å². The van der Waals surface area contributed by atoms with E-state index >= 15 is 0 Å². The summed E-state index contributed by atoms with van der Waals surface area (Å²) in [6.07, 6.45) is 2.59. The Labute approximate surface area is 115 Å². The van der Waals surface area contributed by atoms with E-state index in [-0.39, 0.29) is 5.97 Å². The molecular formula is C11H17N3O2S2. The van der Waals surface area contributed by atoms with Gasteiger partial charge in [0.25, 0.3) is 0 Å². The highest BCUT2D eigenvalue weighted by molar-refractivity contribution is 8.01. The Kier molecular flexibility index (Phi) is 4.58. The normalized spacial score (nSPS) is 27.3. The number of rotatable bonds is 5. The third-order valence-corrected chi connectivity index (χ3v) is 5.30. The first kappa shape index (κ1) is 13.8. The summed E-state index contributed by atoms with van der Waals surface area (Å²) in [5.74, 6) is -0.132. The Hall–Kier alpha value is -0.660. The average molecular weight is 287 g/mol. The summed E-state index contributed by atoms with van der Waals surface area (Å²) in [5.41, 5.74) is 1.21. The Balaban J connectivity index is 1.98. The zero-order chi connectivity index (χ0) is 13.0. The smallest absolute Gasteiger partial charge is 0.326 e. The SMILES string of the molecule is CCOC(=O)C1(NC)CCC(Sc2nncs2)C1. The predicted molar refractivity (Wildman–Crippen MR) is 71.8 cm³/mol.